The van der Waals surface area contributed by atoms with Crippen molar-refractivity contribution in [2.45, 2.75) is 6.54 Å². The van der Waals surface area contributed by atoms with Gasteiger partial charge in [-0.3, -0.25) is 0 Å². The Balaban J connectivity index is 2.03. The number of hydrogen-bond donors (Lipinski definition) is 0. The second kappa shape index (κ2) is 3.88. The predicted molar refractivity (Wildman–Crippen MR) is 58.3 cm³/mol. The highest BCUT2D eigenvalue weighted by Crippen LogP contribution is 2.11. The minimum absolute atomic E-state index is 0.746. The van der Waals surface area contributed by atoms with Crippen LogP contribution < -0.4 is 0 Å². The number of aryl methyl sites for hydroxylation is 1. The molecule has 0 aliphatic carbocycles. The van der Waals surface area contributed by atoms with Crippen molar-refractivity contribution in [2.24, 2.45) is 12.0 Å². The molecule has 1 aliphatic heterocycles. The Kier molecular flexibility index (Phi) is 2.59. The van der Waals surface area contributed by atoms with Crippen LogP contribution in [0.15, 0.2) is 34.6 Å². The van der Waals surface area contributed by atoms with E-state index in [1.807, 2.05) is 25.6 Å². The summed E-state index contributed by atoms with van der Waals surface area (Å²) in [5, 5.41) is 0.779. The molecule has 0 unspecified atom stereocenters. The molecule has 0 N–H and O–H groups in total. The lowest BCUT2D eigenvalue weighted by Gasteiger charge is -2.21. The highest BCUT2D eigenvalue weighted by atomic mass is 35.5. The van der Waals surface area contributed by atoms with Crippen molar-refractivity contribution < 1.29 is 0 Å². The molecule has 0 atom stereocenters. The predicted octanol–water partition coefficient (Wildman–Crippen LogP) is 1.95. The fourth-order valence-electron chi connectivity index (χ4n) is 1.45. The standard InChI is InChI=1S/C10H12ClN3/c1-13-4-2-3-10(13)7-14-6-9(11)5-12-8-14/h2-5,8H,6-7H2,1H3. The summed E-state index contributed by atoms with van der Waals surface area (Å²) in [5.41, 5.74) is 1.25. The Morgan fingerprint density at radius 3 is 3.07 bits per heavy atom. The van der Waals surface area contributed by atoms with Crippen LogP contribution in [0.25, 0.3) is 0 Å². The van der Waals surface area contributed by atoms with Gasteiger partial charge in [-0.25, -0.2) is 4.99 Å². The largest absolute Gasteiger partial charge is 0.353 e. The lowest BCUT2D eigenvalue weighted by atomic mass is 10.3. The molecule has 0 bridgehead atoms. The normalized spacial score (nSPS) is 15.9. The molecule has 74 valence electrons. The maximum atomic E-state index is 5.89. The van der Waals surface area contributed by atoms with Crippen molar-refractivity contribution in [3.8, 4) is 0 Å². The van der Waals surface area contributed by atoms with Crippen molar-refractivity contribution in [2.75, 3.05) is 6.54 Å². The van der Waals surface area contributed by atoms with E-state index in [1.165, 1.54) is 5.69 Å². The minimum atomic E-state index is 0.746. The van der Waals surface area contributed by atoms with Crippen molar-refractivity contribution in [1.82, 2.24) is 9.47 Å². The van der Waals surface area contributed by atoms with E-state index in [2.05, 4.69) is 20.5 Å². The Morgan fingerprint density at radius 1 is 1.57 bits per heavy atom. The first-order chi connectivity index (χ1) is 6.75. The zero-order chi connectivity index (χ0) is 9.97. The van der Waals surface area contributed by atoms with Gasteiger partial charge in [0, 0.05) is 25.1 Å². The van der Waals surface area contributed by atoms with Crippen LogP contribution in [-0.4, -0.2) is 22.4 Å². The zero-order valence-electron chi connectivity index (χ0n) is 8.02. The topological polar surface area (TPSA) is 20.5 Å². The molecular formula is C10H12ClN3. The summed E-state index contributed by atoms with van der Waals surface area (Å²) >= 11 is 5.89. The summed E-state index contributed by atoms with van der Waals surface area (Å²) in [6.45, 7) is 1.59. The fourth-order valence-corrected chi connectivity index (χ4v) is 1.66. The van der Waals surface area contributed by atoms with Crippen LogP contribution in [0.2, 0.25) is 0 Å². The van der Waals surface area contributed by atoms with Gasteiger partial charge in [0.25, 0.3) is 0 Å². The van der Waals surface area contributed by atoms with Gasteiger partial charge in [-0.2, -0.15) is 0 Å². The number of aliphatic imine (C=N–C) groups is 1. The monoisotopic (exact) mass is 209 g/mol. The first kappa shape index (κ1) is 9.34. The van der Waals surface area contributed by atoms with Gasteiger partial charge in [0.05, 0.1) is 24.5 Å². The van der Waals surface area contributed by atoms with Gasteiger partial charge in [-0.1, -0.05) is 11.6 Å². The van der Waals surface area contributed by atoms with Crippen LogP contribution in [0.1, 0.15) is 5.69 Å². The molecule has 4 heteroatoms. The van der Waals surface area contributed by atoms with Gasteiger partial charge in [-0.05, 0) is 12.1 Å². The summed E-state index contributed by atoms with van der Waals surface area (Å²) in [6.07, 6.45) is 5.54. The van der Waals surface area contributed by atoms with Gasteiger partial charge in [0.15, 0.2) is 0 Å². The Hall–Kier alpha value is -1.22. The van der Waals surface area contributed by atoms with E-state index in [0.717, 1.165) is 18.1 Å². The van der Waals surface area contributed by atoms with Gasteiger partial charge in [-0.15, -0.1) is 0 Å². The molecule has 0 saturated carbocycles. The summed E-state index contributed by atoms with van der Waals surface area (Å²) in [7, 11) is 2.04. The molecular weight excluding hydrogens is 198 g/mol. The maximum Gasteiger partial charge on any atom is 0.0912 e. The van der Waals surface area contributed by atoms with Crippen molar-refractivity contribution >= 4 is 17.9 Å². The van der Waals surface area contributed by atoms with Crippen LogP contribution in [0, 0.1) is 0 Å². The number of rotatable bonds is 2. The lowest BCUT2D eigenvalue weighted by Crippen LogP contribution is -2.25. The Bertz CT molecular complexity index is 378. The SMILES string of the molecule is Cn1cccc1CN1C=NC=C(Cl)C1. The molecule has 0 radical (unpaired) electrons. The number of aromatic nitrogens is 1. The minimum Gasteiger partial charge on any atom is -0.353 e. The van der Waals surface area contributed by atoms with Crippen molar-refractivity contribution in [3.63, 3.8) is 0 Å². The van der Waals surface area contributed by atoms with Gasteiger partial charge < -0.3 is 9.47 Å². The molecule has 1 aromatic heterocycles. The summed E-state index contributed by atoms with van der Waals surface area (Å²) in [6, 6.07) is 4.13. The van der Waals surface area contributed by atoms with Crippen LogP contribution in [0.5, 0.6) is 0 Å². The number of hydrogen-bond acceptors (Lipinski definition) is 2. The van der Waals surface area contributed by atoms with Crippen LogP contribution >= 0.6 is 11.6 Å². The van der Waals surface area contributed by atoms with E-state index in [1.54, 1.807) is 6.20 Å². The van der Waals surface area contributed by atoms with Gasteiger partial charge in [0.1, 0.15) is 0 Å². The van der Waals surface area contributed by atoms with E-state index in [-0.39, 0.29) is 0 Å². The molecule has 2 heterocycles. The van der Waals surface area contributed by atoms with E-state index in [4.69, 9.17) is 11.6 Å². The number of nitrogens with zero attached hydrogens (tertiary/aromatic N) is 3. The molecule has 0 saturated heterocycles. The summed E-state index contributed by atoms with van der Waals surface area (Å²) in [4.78, 5) is 6.13. The van der Waals surface area contributed by atoms with Gasteiger partial charge in [0.2, 0.25) is 0 Å². The summed E-state index contributed by atoms with van der Waals surface area (Å²) < 4.78 is 2.10. The third-order valence-electron chi connectivity index (χ3n) is 2.22. The fraction of sp³-hybridized carbons (Fsp3) is 0.300. The first-order valence-corrected chi connectivity index (χ1v) is 4.85. The van der Waals surface area contributed by atoms with Crippen molar-refractivity contribution in [3.05, 3.63) is 35.3 Å². The smallest absolute Gasteiger partial charge is 0.0912 e. The first-order valence-electron chi connectivity index (χ1n) is 4.48. The lowest BCUT2D eigenvalue weighted by molar-refractivity contribution is 0.447. The van der Waals surface area contributed by atoms with E-state index in [9.17, 15) is 0 Å². The molecule has 2 rings (SSSR count). The Labute approximate surface area is 88.3 Å². The van der Waals surface area contributed by atoms with E-state index in [0.29, 0.717) is 0 Å². The Morgan fingerprint density at radius 2 is 2.43 bits per heavy atom. The molecule has 1 aliphatic rings. The quantitative estimate of drug-likeness (QED) is 0.729. The third-order valence-corrected chi connectivity index (χ3v) is 2.43. The highest BCUT2D eigenvalue weighted by Gasteiger charge is 2.08. The molecule has 0 spiro atoms. The molecule has 0 aromatic carbocycles. The van der Waals surface area contributed by atoms with Crippen LogP contribution in [-0.2, 0) is 13.6 Å². The summed E-state index contributed by atoms with van der Waals surface area (Å²) in [5.74, 6) is 0. The van der Waals surface area contributed by atoms with Gasteiger partial charge >= 0.3 is 0 Å². The third kappa shape index (κ3) is 1.99. The number of halogens is 1. The zero-order valence-corrected chi connectivity index (χ0v) is 8.78. The second-order valence-corrected chi connectivity index (χ2v) is 3.84. The van der Waals surface area contributed by atoms with E-state index < -0.39 is 0 Å². The van der Waals surface area contributed by atoms with Crippen LogP contribution in [0.4, 0.5) is 0 Å². The van der Waals surface area contributed by atoms with Crippen LogP contribution in [0.3, 0.4) is 0 Å². The molecule has 14 heavy (non-hydrogen) atoms. The van der Waals surface area contributed by atoms with Crippen molar-refractivity contribution in [1.29, 1.82) is 0 Å². The molecule has 0 fully saturated rings. The molecule has 0 amide bonds. The average Bonchev–Trinajstić information content (AvgIpc) is 2.52. The van der Waals surface area contributed by atoms with E-state index >= 15 is 0 Å². The maximum absolute atomic E-state index is 5.89. The molecule has 1 aromatic rings. The highest BCUT2D eigenvalue weighted by molar-refractivity contribution is 6.30. The molecule has 3 nitrogen and oxygen atoms in total. The second-order valence-electron chi connectivity index (χ2n) is 3.36. The average molecular weight is 210 g/mol.